The average molecular weight is 466 g/mol. The van der Waals surface area contributed by atoms with Crippen LogP contribution in [0.3, 0.4) is 0 Å². The molecular formula is C26H31N3O5. The SMILES string of the molecule is Cc1ccc(C)c(N2CC=C[C@]34O[C@H]5C=CCN(C)C(=O)[C@H]5[C@H]3C(=O)N(CCCO)C4C2=O)c1. The number of aliphatic hydroxyl groups excluding tert-OH is 1. The summed E-state index contributed by atoms with van der Waals surface area (Å²) >= 11 is 0. The number of likely N-dealkylation sites (tertiary alicyclic amines) is 1. The van der Waals surface area contributed by atoms with Crippen molar-refractivity contribution in [2.24, 2.45) is 11.8 Å². The van der Waals surface area contributed by atoms with Crippen LogP contribution in [0.5, 0.6) is 0 Å². The fourth-order valence-corrected chi connectivity index (χ4v) is 5.97. The summed E-state index contributed by atoms with van der Waals surface area (Å²) in [7, 11) is 1.72. The number of amides is 3. The molecule has 4 aliphatic rings. The van der Waals surface area contributed by atoms with E-state index < -0.39 is 29.6 Å². The van der Waals surface area contributed by atoms with Crippen molar-refractivity contribution in [3.05, 3.63) is 53.6 Å². The van der Waals surface area contributed by atoms with Crippen molar-refractivity contribution in [2.75, 3.05) is 38.2 Å². The summed E-state index contributed by atoms with van der Waals surface area (Å²) in [6.45, 7) is 4.86. The number of rotatable bonds is 4. The third-order valence-electron chi connectivity index (χ3n) is 7.57. The van der Waals surface area contributed by atoms with Crippen LogP contribution in [0.15, 0.2) is 42.5 Å². The fraction of sp³-hybridized carbons (Fsp3) is 0.500. The Kier molecular flexibility index (Phi) is 5.61. The van der Waals surface area contributed by atoms with E-state index >= 15 is 0 Å². The minimum atomic E-state index is -1.23. The topological polar surface area (TPSA) is 90.4 Å². The highest BCUT2D eigenvalue weighted by atomic mass is 16.5. The largest absolute Gasteiger partial charge is 0.396 e. The third-order valence-corrected chi connectivity index (χ3v) is 7.57. The molecule has 2 saturated heterocycles. The van der Waals surface area contributed by atoms with Crippen molar-refractivity contribution in [1.82, 2.24) is 9.80 Å². The number of ether oxygens (including phenoxy) is 1. The Bertz CT molecular complexity index is 1100. The van der Waals surface area contributed by atoms with Crippen LogP contribution in [-0.2, 0) is 19.1 Å². The highest BCUT2D eigenvalue weighted by molar-refractivity contribution is 6.06. The number of fused-ring (bicyclic) bond motifs is 2. The number of aryl methyl sites for hydroxylation is 2. The second-order valence-corrected chi connectivity index (χ2v) is 9.74. The van der Waals surface area contributed by atoms with Crippen LogP contribution in [0.2, 0.25) is 0 Å². The van der Waals surface area contributed by atoms with Crippen LogP contribution >= 0.6 is 0 Å². The van der Waals surface area contributed by atoms with E-state index in [4.69, 9.17) is 4.74 Å². The van der Waals surface area contributed by atoms with Crippen molar-refractivity contribution in [3.63, 3.8) is 0 Å². The number of carbonyl (C=O) groups excluding carboxylic acids is 3. The van der Waals surface area contributed by atoms with Gasteiger partial charge in [-0.05, 0) is 37.5 Å². The number of carbonyl (C=O) groups is 3. The van der Waals surface area contributed by atoms with Gasteiger partial charge in [0, 0.05) is 39.0 Å². The minimum Gasteiger partial charge on any atom is -0.396 e. The van der Waals surface area contributed by atoms with Gasteiger partial charge in [0.1, 0.15) is 11.6 Å². The lowest BCUT2D eigenvalue weighted by atomic mass is 9.77. The van der Waals surface area contributed by atoms with Crippen molar-refractivity contribution < 1.29 is 24.2 Å². The number of anilines is 1. The molecule has 0 radical (unpaired) electrons. The summed E-state index contributed by atoms with van der Waals surface area (Å²) in [4.78, 5) is 46.2. The second-order valence-electron chi connectivity index (χ2n) is 9.74. The molecule has 34 heavy (non-hydrogen) atoms. The van der Waals surface area contributed by atoms with Crippen molar-refractivity contribution >= 4 is 23.4 Å². The quantitative estimate of drug-likeness (QED) is 0.675. The molecule has 1 aromatic carbocycles. The van der Waals surface area contributed by atoms with Gasteiger partial charge in [0.25, 0.3) is 5.91 Å². The molecule has 0 aromatic heterocycles. The molecule has 4 heterocycles. The van der Waals surface area contributed by atoms with Gasteiger partial charge in [-0.2, -0.15) is 0 Å². The third kappa shape index (κ3) is 3.23. The van der Waals surface area contributed by atoms with E-state index in [9.17, 15) is 19.5 Å². The number of likely N-dealkylation sites (N-methyl/N-ethyl adjacent to an activating group) is 1. The standard InChI is InChI=1S/C26H31N3O5/c1-16-8-9-17(2)18(15-16)28-12-5-10-26-21(20-19(34-26)7-4-11-27(3)23(20)31)24(32)29(13-6-14-30)22(26)25(28)33/h4-5,7-10,15,19-22,30H,6,11-14H2,1-3H3/t19-,20+,21-,22?,26-/m0/s1. The Hall–Kier alpha value is -2.97. The van der Waals surface area contributed by atoms with Gasteiger partial charge >= 0.3 is 0 Å². The minimum absolute atomic E-state index is 0.101. The van der Waals surface area contributed by atoms with E-state index in [1.54, 1.807) is 16.8 Å². The Morgan fingerprint density at radius 3 is 2.65 bits per heavy atom. The van der Waals surface area contributed by atoms with Crippen molar-refractivity contribution in [2.45, 2.75) is 38.0 Å². The van der Waals surface area contributed by atoms with Crippen LogP contribution in [0.25, 0.3) is 0 Å². The first-order valence-corrected chi connectivity index (χ1v) is 11.9. The molecule has 4 aliphatic heterocycles. The molecule has 180 valence electrons. The molecule has 1 unspecified atom stereocenters. The predicted octanol–water partition coefficient (Wildman–Crippen LogP) is 1.20. The Labute approximate surface area is 199 Å². The first-order valence-electron chi connectivity index (χ1n) is 11.9. The maximum Gasteiger partial charge on any atom is 0.253 e. The Morgan fingerprint density at radius 1 is 1.09 bits per heavy atom. The van der Waals surface area contributed by atoms with Gasteiger partial charge in [-0.15, -0.1) is 0 Å². The van der Waals surface area contributed by atoms with Crippen LogP contribution in [0.4, 0.5) is 5.69 Å². The average Bonchev–Trinajstić information content (AvgIpc) is 3.13. The zero-order valence-corrected chi connectivity index (χ0v) is 19.8. The van der Waals surface area contributed by atoms with Crippen molar-refractivity contribution in [3.8, 4) is 0 Å². The molecule has 1 spiro atoms. The fourth-order valence-electron chi connectivity index (χ4n) is 5.97. The maximum atomic E-state index is 14.2. The first-order chi connectivity index (χ1) is 16.3. The van der Waals surface area contributed by atoms with E-state index in [0.29, 0.717) is 19.5 Å². The molecule has 5 atom stereocenters. The van der Waals surface area contributed by atoms with Gasteiger partial charge in [-0.1, -0.05) is 36.4 Å². The van der Waals surface area contributed by atoms with Gasteiger partial charge < -0.3 is 24.5 Å². The molecule has 0 bridgehead atoms. The molecule has 2 fully saturated rings. The lowest BCUT2D eigenvalue weighted by Crippen LogP contribution is -2.55. The summed E-state index contributed by atoms with van der Waals surface area (Å²) in [6.07, 6.45) is 7.24. The smallest absolute Gasteiger partial charge is 0.253 e. The summed E-state index contributed by atoms with van der Waals surface area (Å²) in [5.74, 6) is -2.12. The number of hydrogen-bond donors (Lipinski definition) is 1. The summed E-state index contributed by atoms with van der Waals surface area (Å²) in [5, 5.41) is 9.48. The van der Waals surface area contributed by atoms with Crippen LogP contribution < -0.4 is 4.90 Å². The molecule has 0 aliphatic carbocycles. The second kappa shape index (κ2) is 8.36. The molecule has 5 rings (SSSR count). The van der Waals surface area contributed by atoms with Gasteiger partial charge in [-0.25, -0.2) is 0 Å². The molecule has 1 N–H and O–H groups in total. The molecule has 1 aromatic rings. The van der Waals surface area contributed by atoms with Crippen LogP contribution in [-0.4, -0.2) is 83.7 Å². The predicted molar refractivity (Wildman–Crippen MR) is 126 cm³/mol. The number of hydrogen-bond acceptors (Lipinski definition) is 5. The van der Waals surface area contributed by atoms with Crippen LogP contribution in [0.1, 0.15) is 17.5 Å². The van der Waals surface area contributed by atoms with Gasteiger partial charge in [0.05, 0.1) is 17.9 Å². The Balaban J connectivity index is 1.63. The number of nitrogens with zero attached hydrogens (tertiary/aromatic N) is 3. The highest BCUT2D eigenvalue weighted by Crippen LogP contribution is 2.53. The maximum absolute atomic E-state index is 14.2. The normalized spacial score (nSPS) is 32.6. The summed E-state index contributed by atoms with van der Waals surface area (Å²) in [5.41, 5.74) is 1.56. The molecule has 8 nitrogen and oxygen atoms in total. The van der Waals surface area contributed by atoms with E-state index in [1.807, 2.05) is 56.4 Å². The van der Waals surface area contributed by atoms with Gasteiger partial charge in [0.2, 0.25) is 11.8 Å². The highest BCUT2D eigenvalue weighted by Gasteiger charge is 2.71. The zero-order valence-electron chi connectivity index (χ0n) is 19.8. The van der Waals surface area contributed by atoms with E-state index in [2.05, 4.69) is 0 Å². The van der Waals surface area contributed by atoms with Crippen LogP contribution in [0, 0.1) is 25.7 Å². The van der Waals surface area contributed by atoms with Gasteiger partial charge in [-0.3, -0.25) is 14.4 Å². The number of benzene rings is 1. The molecule has 0 saturated carbocycles. The zero-order chi connectivity index (χ0) is 24.2. The Morgan fingerprint density at radius 2 is 1.88 bits per heavy atom. The monoisotopic (exact) mass is 465 g/mol. The van der Waals surface area contributed by atoms with Gasteiger partial charge in [0.15, 0.2) is 0 Å². The number of aliphatic hydroxyl groups is 1. The lowest BCUT2D eigenvalue weighted by molar-refractivity contribution is -0.143. The molecule has 8 heteroatoms. The first kappa shape index (κ1) is 22.8. The van der Waals surface area contributed by atoms with E-state index in [1.165, 1.54) is 4.90 Å². The summed E-state index contributed by atoms with van der Waals surface area (Å²) in [6, 6.07) is 5.06. The summed E-state index contributed by atoms with van der Waals surface area (Å²) < 4.78 is 6.56. The van der Waals surface area contributed by atoms with E-state index in [-0.39, 0.29) is 30.9 Å². The van der Waals surface area contributed by atoms with Crippen molar-refractivity contribution in [1.29, 1.82) is 0 Å². The lowest BCUT2D eigenvalue weighted by Gasteiger charge is -2.35. The molecular weight excluding hydrogens is 434 g/mol. The molecule has 3 amide bonds. The van der Waals surface area contributed by atoms with E-state index in [0.717, 1.165) is 16.8 Å².